The molecule has 0 aliphatic heterocycles. The zero-order valence-corrected chi connectivity index (χ0v) is 10.1. The fourth-order valence-corrected chi connectivity index (χ4v) is 1.21. The molecule has 0 radical (unpaired) electrons. The molecule has 1 rings (SSSR count). The molecule has 6 heteroatoms. The fraction of sp³-hybridized carbons (Fsp3) is 0.455. The van der Waals surface area contributed by atoms with E-state index < -0.39 is 5.97 Å². The first-order valence-corrected chi connectivity index (χ1v) is 5.23. The van der Waals surface area contributed by atoms with Crippen LogP contribution >= 0.6 is 0 Å². The molecule has 1 aromatic heterocycles. The van der Waals surface area contributed by atoms with E-state index in [2.05, 4.69) is 14.7 Å². The summed E-state index contributed by atoms with van der Waals surface area (Å²) < 4.78 is 4.52. The van der Waals surface area contributed by atoms with Crippen LogP contribution in [0.25, 0.3) is 0 Å². The largest absolute Gasteiger partial charge is 0.468 e. The van der Waals surface area contributed by atoms with Crippen LogP contribution in [0.4, 0.5) is 0 Å². The van der Waals surface area contributed by atoms with E-state index in [9.17, 15) is 9.59 Å². The monoisotopic (exact) mass is 237 g/mol. The lowest BCUT2D eigenvalue weighted by Gasteiger charge is -2.18. The Labute approximate surface area is 99.6 Å². The van der Waals surface area contributed by atoms with Crippen molar-refractivity contribution in [3.63, 3.8) is 0 Å². The fourth-order valence-electron chi connectivity index (χ4n) is 1.21. The second-order valence-electron chi connectivity index (χ2n) is 3.44. The first kappa shape index (κ1) is 13.1. The average molecular weight is 237 g/mol. The number of hydrogen-bond acceptors (Lipinski definition) is 5. The Morgan fingerprint density at radius 2 is 2.06 bits per heavy atom. The lowest BCUT2D eigenvalue weighted by atomic mass is 10.3. The molecule has 0 atom stereocenters. The van der Waals surface area contributed by atoms with E-state index in [1.807, 2.05) is 0 Å². The van der Waals surface area contributed by atoms with Gasteiger partial charge in [-0.2, -0.15) is 0 Å². The van der Waals surface area contributed by atoms with Gasteiger partial charge in [-0.15, -0.1) is 0 Å². The lowest BCUT2D eigenvalue weighted by molar-refractivity contribution is -0.141. The van der Waals surface area contributed by atoms with Crippen molar-refractivity contribution in [1.82, 2.24) is 14.9 Å². The summed E-state index contributed by atoms with van der Waals surface area (Å²) in [5.41, 5.74) is 0.957. The number of likely N-dealkylation sites (N-methyl/N-ethyl adjacent to an activating group) is 1. The highest BCUT2D eigenvalue weighted by Gasteiger charge is 2.18. The molecule has 17 heavy (non-hydrogen) atoms. The second-order valence-corrected chi connectivity index (χ2v) is 3.44. The maximum absolute atomic E-state index is 12.0. The number of methoxy groups -OCH3 is 1. The minimum absolute atomic E-state index is 0.0820. The van der Waals surface area contributed by atoms with Crippen LogP contribution in [0.5, 0.6) is 0 Å². The molecule has 0 saturated heterocycles. The molecule has 1 aromatic rings. The normalized spacial score (nSPS) is 9.82. The minimum Gasteiger partial charge on any atom is -0.468 e. The predicted octanol–water partition coefficient (Wildman–Crippen LogP) is 0.420. The zero-order chi connectivity index (χ0) is 12.8. The lowest BCUT2D eigenvalue weighted by Crippen LogP contribution is -2.36. The molecular formula is C11H15N3O3. The van der Waals surface area contributed by atoms with E-state index in [-0.39, 0.29) is 18.1 Å². The van der Waals surface area contributed by atoms with Gasteiger partial charge in [-0.05, 0) is 13.8 Å². The summed E-state index contributed by atoms with van der Waals surface area (Å²) in [5.74, 6) is -0.786. The Kier molecular flexibility index (Phi) is 4.56. The quantitative estimate of drug-likeness (QED) is 0.710. The van der Waals surface area contributed by atoms with Crippen LogP contribution in [0.15, 0.2) is 12.4 Å². The van der Waals surface area contributed by atoms with E-state index in [4.69, 9.17) is 0 Å². The van der Waals surface area contributed by atoms with Gasteiger partial charge in [0.1, 0.15) is 12.2 Å². The molecule has 1 heterocycles. The second kappa shape index (κ2) is 5.93. The number of aryl methyl sites for hydroxylation is 1. The van der Waals surface area contributed by atoms with Gasteiger partial charge in [0.2, 0.25) is 0 Å². The van der Waals surface area contributed by atoms with Crippen molar-refractivity contribution in [2.24, 2.45) is 0 Å². The standard InChI is InChI=1S/C11H15N3O3/c1-4-14(7-10(15)17-3)11(16)9-6-12-8(2)5-13-9/h5-6H,4,7H2,1-3H3. The van der Waals surface area contributed by atoms with Crippen molar-refractivity contribution in [1.29, 1.82) is 0 Å². The van der Waals surface area contributed by atoms with Crippen molar-refractivity contribution in [3.05, 3.63) is 23.8 Å². The van der Waals surface area contributed by atoms with Crippen LogP contribution in [0.3, 0.4) is 0 Å². The SMILES string of the molecule is CCN(CC(=O)OC)C(=O)c1cnc(C)cn1. The molecule has 0 N–H and O–H groups in total. The van der Waals surface area contributed by atoms with Gasteiger partial charge >= 0.3 is 5.97 Å². The van der Waals surface area contributed by atoms with E-state index in [0.717, 1.165) is 5.69 Å². The number of nitrogens with zero attached hydrogens (tertiary/aromatic N) is 3. The highest BCUT2D eigenvalue weighted by molar-refractivity contribution is 5.93. The molecule has 92 valence electrons. The van der Waals surface area contributed by atoms with E-state index in [1.54, 1.807) is 13.8 Å². The minimum atomic E-state index is -0.458. The summed E-state index contributed by atoms with van der Waals surface area (Å²) in [5, 5.41) is 0. The predicted molar refractivity (Wildman–Crippen MR) is 60.4 cm³/mol. The molecule has 0 spiro atoms. The van der Waals surface area contributed by atoms with Crippen LogP contribution in [0, 0.1) is 6.92 Å². The topological polar surface area (TPSA) is 72.4 Å². The third kappa shape index (κ3) is 3.51. The van der Waals surface area contributed by atoms with Gasteiger partial charge < -0.3 is 9.64 Å². The molecule has 1 amide bonds. The Bertz CT molecular complexity index is 403. The number of aromatic nitrogens is 2. The van der Waals surface area contributed by atoms with Gasteiger partial charge in [-0.1, -0.05) is 0 Å². The summed E-state index contributed by atoms with van der Waals surface area (Å²) in [6.45, 7) is 3.89. The maximum Gasteiger partial charge on any atom is 0.325 e. The molecule has 0 aliphatic carbocycles. The van der Waals surface area contributed by atoms with Gasteiger partial charge in [0.15, 0.2) is 0 Å². The number of esters is 1. The van der Waals surface area contributed by atoms with Crippen LogP contribution in [-0.2, 0) is 9.53 Å². The number of rotatable bonds is 4. The van der Waals surface area contributed by atoms with E-state index in [1.165, 1.54) is 24.4 Å². The maximum atomic E-state index is 12.0. The number of ether oxygens (including phenoxy) is 1. The summed E-state index contributed by atoms with van der Waals surface area (Å²) in [7, 11) is 1.28. The Morgan fingerprint density at radius 1 is 1.35 bits per heavy atom. The summed E-state index contributed by atoms with van der Waals surface area (Å²) >= 11 is 0. The number of hydrogen-bond donors (Lipinski definition) is 0. The Morgan fingerprint density at radius 3 is 2.53 bits per heavy atom. The van der Waals surface area contributed by atoms with Crippen LogP contribution in [0.2, 0.25) is 0 Å². The number of amides is 1. The molecule has 0 unspecified atom stereocenters. The summed E-state index contributed by atoms with van der Waals surface area (Å²) in [6, 6.07) is 0. The van der Waals surface area contributed by atoms with Gasteiger partial charge in [0.25, 0.3) is 5.91 Å². The van der Waals surface area contributed by atoms with Crippen molar-refractivity contribution < 1.29 is 14.3 Å². The third-order valence-corrected chi connectivity index (χ3v) is 2.22. The number of carbonyl (C=O) groups is 2. The van der Waals surface area contributed by atoms with Crippen LogP contribution in [0.1, 0.15) is 23.1 Å². The Hall–Kier alpha value is -1.98. The first-order chi connectivity index (χ1) is 8.08. The molecule has 0 aromatic carbocycles. The van der Waals surface area contributed by atoms with Crippen molar-refractivity contribution in [3.8, 4) is 0 Å². The van der Waals surface area contributed by atoms with E-state index in [0.29, 0.717) is 6.54 Å². The van der Waals surface area contributed by atoms with Crippen molar-refractivity contribution in [2.45, 2.75) is 13.8 Å². The van der Waals surface area contributed by atoms with Gasteiger partial charge in [-0.3, -0.25) is 14.6 Å². The zero-order valence-electron chi connectivity index (χ0n) is 10.1. The van der Waals surface area contributed by atoms with Crippen molar-refractivity contribution >= 4 is 11.9 Å². The molecular weight excluding hydrogens is 222 g/mol. The molecule has 0 fully saturated rings. The highest BCUT2D eigenvalue weighted by atomic mass is 16.5. The third-order valence-electron chi connectivity index (χ3n) is 2.22. The van der Waals surface area contributed by atoms with Crippen molar-refractivity contribution in [2.75, 3.05) is 20.2 Å². The molecule has 0 aliphatic rings. The van der Waals surface area contributed by atoms with Gasteiger partial charge in [-0.25, -0.2) is 4.98 Å². The van der Waals surface area contributed by atoms with E-state index >= 15 is 0 Å². The first-order valence-electron chi connectivity index (χ1n) is 5.23. The van der Waals surface area contributed by atoms with Crippen LogP contribution in [-0.4, -0.2) is 46.9 Å². The smallest absolute Gasteiger partial charge is 0.325 e. The summed E-state index contributed by atoms with van der Waals surface area (Å²) in [6.07, 6.45) is 2.91. The van der Waals surface area contributed by atoms with Gasteiger partial charge in [0.05, 0.1) is 19.0 Å². The van der Waals surface area contributed by atoms with Crippen LogP contribution < -0.4 is 0 Å². The molecule has 0 saturated carbocycles. The van der Waals surface area contributed by atoms with Gasteiger partial charge in [0, 0.05) is 12.7 Å². The molecule has 6 nitrogen and oxygen atoms in total. The molecule has 0 bridgehead atoms. The number of carbonyl (C=O) groups excluding carboxylic acids is 2. The highest BCUT2D eigenvalue weighted by Crippen LogP contribution is 2.01. The summed E-state index contributed by atoms with van der Waals surface area (Å²) in [4.78, 5) is 32.4. The Balaban J connectivity index is 2.78. The average Bonchev–Trinajstić information content (AvgIpc) is 2.35.